The molecule has 0 saturated heterocycles. The first-order chi connectivity index (χ1) is 13.4. The SMILES string of the molecule is C#Cc1cccc(NC(=O)c2ccc(S(=O)(=O)N(C)C3CCCCC3)cc2)c1. The number of rotatable bonds is 5. The Balaban J connectivity index is 1.73. The summed E-state index contributed by atoms with van der Waals surface area (Å²) in [5, 5.41) is 2.77. The van der Waals surface area contributed by atoms with E-state index in [0.29, 0.717) is 16.8 Å². The van der Waals surface area contributed by atoms with Gasteiger partial charge in [-0.1, -0.05) is 31.2 Å². The Hall–Kier alpha value is -2.62. The Labute approximate surface area is 166 Å². The van der Waals surface area contributed by atoms with Crippen molar-refractivity contribution < 1.29 is 13.2 Å². The molecule has 6 heteroatoms. The summed E-state index contributed by atoms with van der Waals surface area (Å²) in [7, 11) is -1.93. The van der Waals surface area contributed by atoms with Gasteiger partial charge in [0.15, 0.2) is 0 Å². The summed E-state index contributed by atoms with van der Waals surface area (Å²) < 4.78 is 27.2. The Morgan fingerprint density at radius 1 is 1.11 bits per heavy atom. The molecule has 1 aliphatic carbocycles. The average molecular weight is 397 g/mol. The zero-order chi connectivity index (χ0) is 20.1. The minimum absolute atomic E-state index is 0.0464. The van der Waals surface area contributed by atoms with Crippen molar-refractivity contribution in [2.24, 2.45) is 0 Å². The molecule has 0 atom stereocenters. The first kappa shape index (κ1) is 20.1. The van der Waals surface area contributed by atoms with Gasteiger partial charge in [0.25, 0.3) is 5.91 Å². The molecule has 1 amide bonds. The van der Waals surface area contributed by atoms with E-state index in [9.17, 15) is 13.2 Å². The highest BCUT2D eigenvalue weighted by Crippen LogP contribution is 2.26. The lowest BCUT2D eigenvalue weighted by Gasteiger charge is -2.30. The smallest absolute Gasteiger partial charge is 0.255 e. The van der Waals surface area contributed by atoms with Crippen LogP contribution in [-0.2, 0) is 10.0 Å². The highest BCUT2D eigenvalue weighted by Gasteiger charge is 2.29. The summed E-state index contributed by atoms with van der Waals surface area (Å²) in [6.07, 6.45) is 10.4. The van der Waals surface area contributed by atoms with E-state index in [-0.39, 0.29) is 16.8 Å². The number of anilines is 1. The van der Waals surface area contributed by atoms with E-state index in [4.69, 9.17) is 6.42 Å². The zero-order valence-electron chi connectivity index (χ0n) is 15.9. The number of terminal acetylenes is 1. The fraction of sp³-hybridized carbons (Fsp3) is 0.318. The molecule has 0 bridgehead atoms. The van der Waals surface area contributed by atoms with Crippen molar-refractivity contribution >= 4 is 21.6 Å². The highest BCUT2D eigenvalue weighted by atomic mass is 32.2. The van der Waals surface area contributed by atoms with Crippen LogP contribution < -0.4 is 5.32 Å². The number of benzene rings is 2. The van der Waals surface area contributed by atoms with Crippen molar-refractivity contribution in [2.75, 3.05) is 12.4 Å². The van der Waals surface area contributed by atoms with Crippen LogP contribution in [0.15, 0.2) is 53.4 Å². The van der Waals surface area contributed by atoms with Crippen molar-refractivity contribution in [1.82, 2.24) is 4.31 Å². The molecule has 1 aliphatic rings. The lowest BCUT2D eigenvalue weighted by Crippen LogP contribution is -2.38. The number of carbonyl (C=O) groups is 1. The van der Waals surface area contributed by atoms with Crippen LogP contribution in [0.2, 0.25) is 0 Å². The third-order valence-corrected chi connectivity index (χ3v) is 7.09. The van der Waals surface area contributed by atoms with Crippen molar-refractivity contribution in [3.05, 3.63) is 59.7 Å². The van der Waals surface area contributed by atoms with E-state index in [1.54, 1.807) is 31.3 Å². The molecule has 2 aromatic carbocycles. The van der Waals surface area contributed by atoms with Crippen molar-refractivity contribution in [1.29, 1.82) is 0 Å². The zero-order valence-corrected chi connectivity index (χ0v) is 16.7. The van der Waals surface area contributed by atoms with Gasteiger partial charge in [0.2, 0.25) is 10.0 Å². The summed E-state index contributed by atoms with van der Waals surface area (Å²) in [5.41, 5.74) is 1.64. The van der Waals surface area contributed by atoms with E-state index < -0.39 is 10.0 Å². The Kier molecular flexibility index (Phi) is 6.18. The topological polar surface area (TPSA) is 66.5 Å². The molecule has 0 unspecified atom stereocenters. The van der Waals surface area contributed by atoms with E-state index in [1.165, 1.54) is 35.0 Å². The molecular weight excluding hydrogens is 372 g/mol. The number of carbonyl (C=O) groups excluding carboxylic acids is 1. The van der Waals surface area contributed by atoms with Crippen LogP contribution in [0, 0.1) is 12.3 Å². The molecule has 3 rings (SSSR count). The van der Waals surface area contributed by atoms with Crippen LogP contribution in [-0.4, -0.2) is 31.7 Å². The standard InChI is InChI=1S/C22H24N2O3S/c1-3-17-8-7-9-19(16-17)23-22(25)18-12-14-21(15-13-18)28(26,27)24(2)20-10-5-4-6-11-20/h1,7-9,12-16,20H,4-6,10-11H2,2H3,(H,23,25). The molecule has 0 aliphatic heterocycles. The normalized spacial score (nSPS) is 15.2. The average Bonchev–Trinajstić information content (AvgIpc) is 2.74. The second-order valence-corrected chi connectivity index (χ2v) is 9.01. The Bertz CT molecular complexity index is 985. The maximum Gasteiger partial charge on any atom is 0.255 e. The van der Waals surface area contributed by atoms with E-state index in [1.807, 2.05) is 0 Å². The lowest BCUT2D eigenvalue weighted by atomic mass is 9.96. The molecule has 146 valence electrons. The third-order valence-electron chi connectivity index (χ3n) is 5.17. The van der Waals surface area contributed by atoms with Crippen molar-refractivity contribution in [2.45, 2.75) is 43.0 Å². The van der Waals surface area contributed by atoms with Gasteiger partial charge in [-0.3, -0.25) is 4.79 Å². The van der Waals surface area contributed by atoms with Crippen molar-refractivity contribution in [3.8, 4) is 12.3 Å². The van der Waals surface area contributed by atoms with Gasteiger partial charge in [-0.15, -0.1) is 6.42 Å². The van der Waals surface area contributed by atoms with Gasteiger partial charge in [0, 0.05) is 29.9 Å². The molecule has 2 aromatic rings. The summed E-state index contributed by atoms with van der Waals surface area (Å²) in [6.45, 7) is 0. The summed E-state index contributed by atoms with van der Waals surface area (Å²) in [6, 6.07) is 13.1. The number of amides is 1. The molecule has 0 aromatic heterocycles. The van der Waals surface area contributed by atoms with Crippen LogP contribution in [0.1, 0.15) is 48.0 Å². The minimum atomic E-state index is -3.57. The summed E-state index contributed by atoms with van der Waals surface area (Å²) >= 11 is 0. The number of nitrogens with zero attached hydrogens (tertiary/aromatic N) is 1. The molecular formula is C22H24N2O3S. The molecule has 0 spiro atoms. The first-order valence-corrected chi connectivity index (χ1v) is 10.8. The van der Waals surface area contributed by atoms with Gasteiger partial charge < -0.3 is 5.32 Å². The van der Waals surface area contributed by atoms with Gasteiger partial charge in [0.05, 0.1) is 4.90 Å². The molecule has 5 nitrogen and oxygen atoms in total. The Morgan fingerprint density at radius 2 is 1.79 bits per heavy atom. The van der Waals surface area contributed by atoms with E-state index >= 15 is 0 Å². The second kappa shape index (κ2) is 8.59. The lowest BCUT2D eigenvalue weighted by molar-refractivity contribution is 0.102. The predicted octanol–water partition coefficient (Wildman–Crippen LogP) is 3.87. The number of sulfonamides is 1. The monoisotopic (exact) mass is 396 g/mol. The predicted molar refractivity (Wildman–Crippen MR) is 111 cm³/mol. The second-order valence-electron chi connectivity index (χ2n) is 7.02. The maximum absolute atomic E-state index is 12.9. The number of hydrogen-bond acceptors (Lipinski definition) is 3. The van der Waals surface area contributed by atoms with Gasteiger partial charge in [-0.25, -0.2) is 8.42 Å². The van der Waals surface area contributed by atoms with Gasteiger partial charge in [0.1, 0.15) is 0 Å². The molecule has 1 fully saturated rings. The fourth-order valence-corrected chi connectivity index (χ4v) is 4.89. The van der Waals surface area contributed by atoms with Gasteiger partial charge >= 0.3 is 0 Å². The molecule has 1 saturated carbocycles. The molecule has 0 radical (unpaired) electrons. The maximum atomic E-state index is 12.9. The van der Waals surface area contributed by atoms with Crippen LogP contribution in [0.4, 0.5) is 5.69 Å². The van der Waals surface area contributed by atoms with Crippen LogP contribution in [0.25, 0.3) is 0 Å². The van der Waals surface area contributed by atoms with Gasteiger partial charge in [-0.2, -0.15) is 4.31 Å². The quantitative estimate of drug-likeness (QED) is 0.780. The van der Waals surface area contributed by atoms with Gasteiger partial charge in [-0.05, 0) is 55.3 Å². The molecule has 28 heavy (non-hydrogen) atoms. The van der Waals surface area contributed by atoms with E-state index in [0.717, 1.165) is 25.7 Å². The Morgan fingerprint density at radius 3 is 2.43 bits per heavy atom. The molecule has 1 N–H and O–H groups in total. The van der Waals surface area contributed by atoms with Crippen LogP contribution in [0.5, 0.6) is 0 Å². The summed E-state index contributed by atoms with van der Waals surface area (Å²) in [5.74, 6) is 2.20. The van der Waals surface area contributed by atoms with E-state index in [2.05, 4.69) is 11.2 Å². The fourth-order valence-electron chi connectivity index (χ4n) is 3.48. The highest BCUT2D eigenvalue weighted by molar-refractivity contribution is 7.89. The first-order valence-electron chi connectivity index (χ1n) is 9.38. The third kappa shape index (κ3) is 4.44. The number of hydrogen-bond donors (Lipinski definition) is 1. The van der Waals surface area contributed by atoms with Crippen LogP contribution >= 0.6 is 0 Å². The minimum Gasteiger partial charge on any atom is -0.322 e. The van der Waals surface area contributed by atoms with Crippen LogP contribution in [0.3, 0.4) is 0 Å². The largest absolute Gasteiger partial charge is 0.322 e. The van der Waals surface area contributed by atoms with Crippen molar-refractivity contribution in [3.63, 3.8) is 0 Å². The number of nitrogens with one attached hydrogen (secondary N) is 1. The molecule has 0 heterocycles. The summed E-state index contributed by atoms with van der Waals surface area (Å²) in [4.78, 5) is 12.6.